The number of para-hydroxylation sites is 2. The first-order valence-corrected chi connectivity index (χ1v) is 6.57. The fraction of sp³-hybridized carbons (Fsp3) is 0.188. The van der Waals surface area contributed by atoms with Gasteiger partial charge in [-0.2, -0.15) is 0 Å². The van der Waals surface area contributed by atoms with Crippen LogP contribution in [0.4, 0.5) is 5.69 Å². The molecule has 0 aromatic heterocycles. The molecule has 1 heterocycles. The third kappa shape index (κ3) is 2.91. The Morgan fingerprint density at radius 3 is 2.86 bits per heavy atom. The molecule has 1 aliphatic rings. The molecule has 3 rings (SSSR count). The lowest BCUT2D eigenvalue weighted by Crippen LogP contribution is -2.14. The van der Waals surface area contributed by atoms with E-state index in [1.54, 1.807) is 19.2 Å². The first kappa shape index (κ1) is 13.3. The van der Waals surface area contributed by atoms with Crippen molar-refractivity contribution >= 4 is 11.6 Å². The van der Waals surface area contributed by atoms with Crippen molar-refractivity contribution < 1.29 is 19.0 Å². The molecule has 2 aromatic rings. The van der Waals surface area contributed by atoms with Crippen molar-refractivity contribution in [1.82, 2.24) is 0 Å². The lowest BCUT2D eigenvalue weighted by Gasteiger charge is -2.10. The predicted molar refractivity (Wildman–Crippen MR) is 77.9 cm³/mol. The minimum atomic E-state index is -0.113. The number of methoxy groups -OCH3 is 1. The first-order valence-electron chi connectivity index (χ1n) is 6.57. The van der Waals surface area contributed by atoms with Gasteiger partial charge in [-0.25, -0.2) is 0 Å². The SMILES string of the molecule is COc1ccccc1NC(=O)Cc1ccc2c(c1)OCO2. The topological polar surface area (TPSA) is 56.8 Å². The average Bonchev–Trinajstić information content (AvgIpc) is 2.95. The van der Waals surface area contributed by atoms with Gasteiger partial charge in [0.25, 0.3) is 0 Å². The van der Waals surface area contributed by atoms with Crippen LogP contribution in [0.15, 0.2) is 42.5 Å². The van der Waals surface area contributed by atoms with Crippen LogP contribution in [0.25, 0.3) is 0 Å². The van der Waals surface area contributed by atoms with E-state index in [2.05, 4.69) is 5.32 Å². The number of anilines is 1. The molecule has 0 saturated carbocycles. The molecule has 2 aromatic carbocycles. The number of amides is 1. The Balaban J connectivity index is 1.69. The van der Waals surface area contributed by atoms with Crippen molar-refractivity contribution in [3.63, 3.8) is 0 Å². The number of benzene rings is 2. The summed E-state index contributed by atoms with van der Waals surface area (Å²) in [6.45, 7) is 0.228. The quantitative estimate of drug-likeness (QED) is 0.938. The second-order valence-electron chi connectivity index (χ2n) is 4.61. The fourth-order valence-corrected chi connectivity index (χ4v) is 2.18. The van der Waals surface area contributed by atoms with E-state index < -0.39 is 0 Å². The van der Waals surface area contributed by atoms with Crippen molar-refractivity contribution in [3.05, 3.63) is 48.0 Å². The van der Waals surface area contributed by atoms with Gasteiger partial charge >= 0.3 is 0 Å². The molecule has 0 radical (unpaired) electrons. The van der Waals surface area contributed by atoms with Gasteiger partial charge in [-0.1, -0.05) is 18.2 Å². The maximum absolute atomic E-state index is 12.1. The van der Waals surface area contributed by atoms with Gasteiger partial charge in [0.15, 0.2) is 11.5 Å². The van der Waals surface area contributed by atoms with Gasteiger partial charge in [0.05, 0.1) is 19.2 Å². The number of ether oxygens (including phenoxy) is 3. The number of rotatable bonds is 4. The molecular formula is C16H15NO4. The largest absolute Gasteiger partial charge is 0.495 e. The van der Waals surface area contributed by atoms with Crippen LogP contribution >= 0.6 is 0 Å². The number of hydrogen-bond acceptors (Lipinski definition) is 4. The highest BCUT2D eigenvalue weighted by atomic mass is 16.7. The van der Waals surface area contributed by atoms with Crippen molar-refractivity contribution in [2.75, 3.05) is 19.2 Å². The minimum absolute atomic E-state index is 0.113. The summed E-state index contributed by atoms with van der Waals surface area (Å²) in [6, 6.07) is 12.8. The van der Waals surface area contributed by atoms with Crippen molar-refractivity contribution in [1.29, 1.82) is 0 Å². The molecule has 21 heavy (non-hydrogen) atoms. The van der Waals surface area contributed by atoms with Crippen LogP contribution in [0, 0.1) is 0 Å². The highest BCUT2D eigenvalue weighted by molar-refractivity contribution is 5.93. The van der Waals surface area contributed by atoms with Crippen LogP contribution in [0.1, 0.15) is 5.56 Å². The molecule has 5 nitrogen and oxygen atoms in total. The number of carbonyl (C=O) groups excluding carboxylic acids is 1. The normalized spacial score (nSPS) is 12.0. The van der Waals surface area contributed by atoms with Crippen LogP contribution in [-0.2, 0) is 11.2 Å². The molecule has 0 fully saturated rings. The average molecular weight is 285 g/mol. The van der Waals surface area contributed by atoms with E-state index >= 15 is 0 Å². The summed E-state index contributed by atoms with van der Waals surface area (Å²) in [6.07, 6.45) is 0.259. The molecule has 0 unspecified atom stereocenters. The Labute approximate surface area is 122 Å². The molecule has 0 spiro atoms. The predicted octanol–water partition coefficient (Wildman–Crippen LogP) is 2.61. The van der Waals surface area contributed by atoms with Crippen LogP contribution in [-0.4, -0.2) is 19.8 Å². The molecular weight excluding hydrogens is 270 g/mol. The van der Waals surface area contributed by atoms with E-state index in [9.17, 15) is 4.79 Å². The fourth-order valence-electron chi connectivity index (χ4n) is 2.18. The van der Waals surface area contributed by atoms with E-state index in [4.69, 9.17) is 14.2 Å². The summed E-state index contributed by atoms with van der Waals surface area (Å²) in [5.41, 5.74) is 1.53. The van der Waals surface area contributed by atoms with Crippen molar-refractivity contribution in [2.45, 2.75) is 6.42 Å². The number of carbonyl (C=O) groups is 1. The molecule has 1 aliphatic heterocycles. The zero-order valence-corrected chi connectivity index (χ0v) is 11.6. The second kappa shape index (κ2) is 5.75. The van der Waals surface area contributed by atoms with Gasteiger partial charge in [-0.15, -0.1) is 0 Å². The smallest absolute Gasteiger partial charge is 0.231 e. The van der Waals surface area contributed by atoms with E-state index in [0.29, 0.717) is 22.9 Å². The van der Waals surface area contributed by atoms with E-state index in [0.717, 1.165) is 5.56 Å². The van der Waals surface area contributed by atoms with Gasteiger partial charge in [0.1, 0.15) is 5.75 Å². The van der Waals surface area contributed by atoms with Crippen LogP contribution in [0.5, 0.6) is 17.2 Å². The van der Waals surface area contributed by atoms with Crippen LogP contribution < -0.4 is 19.5 Å². The summed E-state index contributed by atoms with van der Waals surface area (Å²) in [4.78, 5) is 12.1. The Kier molecular flexibility index (Phi) is 3.64. The van der Waals surface area contributed by atoms with Gasteiger partial charge in [0, 0.05) is 0 Å². The lowest BCUT2D eigenvalue weighted by atomic mass is 10.1. The van der Waals surface area contributed by atoms with Gasteiger partial charge < -0.3 is 19.5 Å². The molecule has 5 heteroatoms. The monoisotopic (exact) mass is 285 g/mol. The van der Waals surface area contributed by atoms with Gasteiger partial charge in [0.2, 0.25) is 12.7 Å². The summed E-state index contributed by atoms with van der Waals surface area (Å²) in [5, 5.41) is 2.84. The van der Waals surface area contributed by atoms with E-state index in [1.807, 2.05) is 30.3 Å². The van der Waals surface area contributed by atoms with E-state index in [1.165, 1.54) is 0 Å². The summed E-state index contributed by atoms with van der Waals surface area (Å²) in [7, 11) is 1.57. The van der Waals surface area contributed by atoms with Crippen molar-refractivity contribution in [2.24, 2.45) is 0 Å². The second-order valence-corrected chi connectivity index (χ2v) is 4.61. The first-order chi connectivity index (χ1) is 10.3. The molecule has 1 amide bonds. The Hall–Kier alpha value is -2.69. The Morgan fingerprint density at radius 2 is 2.00 bits per heavy atom. The van der Waals surface area contributed by atoms with Gasteiger partial charge in [-0.3, -0.25) is 4.79 Å². The third-order valence-corrected chi connectivity index (χ3v) is 3.18. The number of nitrogens with one attached hydrogen (secondary N) is 1. The summed E-state index contributed by atoms with van der Waals surface area (Å²) >= 11 is 0. The molecule has 1 N–H and O–H groups in total. The minimum Gasteiger partial charge on any atom is -0.495 e. The molecule has 108 valence electrons. The highest BCUT2D eigenvalue weighted by Crippen LogP contribution is 2.32. The van der Waals surface area contributed by atoms with Crippen LogP contribution in [0.3, 0.4) is 0 Å². The third-order valence-electron chi connectivity index (χ3n) is 3.18. The summed E-state index contributed by atoms with van der Waals surface area (Å²) < 4.78 is 15.8. The number of hydrogen-bond donors (Lipinski definition) is 1. The Morgan fingerprint density at radius 1 is 1.19 bits per heavy atom. The zero-order chi connectivity index (χ0) is 14.7. The molecule has 0 saturated heterocycles. The standard InChI is InChI=1S/C16H15NO4/c1-19-13-5-3-2-4-12(13)17-16(18)9-11-6-7-14-15(8-11)21-10-20-14/h2-8H,9-10H2,1H3,(H,17,18). The van der Waals surface area contributed by atoms with E-state index in [-0.39, 0.29) is 19.1 Å². The molecule has 0 bridgehead atoms. The maximum atomic E-state index is 12.1. The number of fused-ring (bicyclic) bond motifs is 1. The maximum Gasteiger partial charge on any atom is 0.231 e. The highest BCUT2D eigenvalue weighted by Gasteiger charge is 2.15. The zero-order valence-electron chi connectivity index (χ0n) is 11.6. The lowest BCUT2D eigenvalue weighted by molar-refractivity contribution is -0.115. The Bertz CT molecular complexity index is 669. The molecule has 0 atom stereocenters. The van der Waals surface area contributed by atoms with Crippen molar-refractivity contribution in [3.8, 4) is 17.2 Å². The van der Waals surface area contributed by atoms with Crippen LogP contribution in [0.2, 0.25) is 0 Å². The summed E-state index contributed by atoms with van der Waals surface area (Å²) in [5.74, 6) is 1.91. The molecule has 0 aliphatic carbocycles. The van der Waals surface area contributed by atoms with Gasteiger partial charge in [-0.05, 0) is 29.8 Å².